The van der Waals surface area contributed by atoms with Crippen molar-refractivity contribution >= 4 is 0 Å². The quantitative estimate of drug-likeness (QED) is 0.771. The van der Waals surface area contributed by atoms with Crippen LogP contribution in [0.4, 0.5) is 0 Å². The van der Waals surface area contributed by atoms with Crippen molar-refractivity contribution in [2.24, 2.45) is 5.92 Å². The molecule has 0 amide bonds. The molecule has 0 aromatic heterocycles. The average molecular weight is 250 g/mol. The van der Waals surface area contributed by atoms with E-state index in [9.17, 15) is 5.11 Å². The van der Waals surface area contributed by atoms with Gasteiger partial charge >= 0.3 is 0 Å². The maximum Gasteiger partial charge on any atom is 0.115 e. The van der Waals surface area contributed by atoms with Gasteiger partial charge in [-0.25, -0.2) is 0 Å². The van der Waals surface area contributed by atoms with E-state index < -0.39 is 0 Å². The van der Waals surface area contributed by atoms with Gasteiger partial charge in [0.25, 0.3) is 0 Å². The molecule has 0 bridgehead atoms. The lowest BCUT2D eigenvalue weighted by Crippen LogP contribution is -2.29. The fourth-order valence-corrected chi connectivity index (χ4v) is 2.68. The minimum absolute atomic E-state index is 0.0822. The van der Waals surface area contributed by atoms with Crippen LogP contribution in [0.25, 0.3) is 0 Å². The summed E-state index contributed by atoms with van der Waals surface area (Å²) in [7, 11) is 0. The van der Waals surface area contributed by atoms with Crippen molar-refractivity contribution in [3.63, 3.8) is 0 Å². The summed E-state index contributed by atoms with van der Waals surface area (Å²) in [5.41, 5.74) is 1.34. The standard InChI is InChI=1S/C16H26O2/c1-4-6-13(7-5-12-17)16(2,3)14-8-10-15(18)11-9-14/h8-11,13,17-18H,4-7,12H2,1-3H3. The van der Waals surface area contributed by atoms with Gasteiger partial charge in [0.2, 0.25) is 0 Å². The summed E-state index contributed by atoms with van der Waals surface area (Å²) in [5.74, 6) is 0.885. The average Bonchev–Trinajstić information content (AvgIpc) is 2.35. The Kier molecular flexibility index (Phi) is 5.67. The van der Waals surface area contributed by atoms with Crippen LogP contribution in [0.5, 0.6) is 5.75 Å². The number of phenolic OH excluding ortho intramolecular Hbond substituents is 1. The van der Waals surface area contributed by atoms with E-state index in [1.165, 1.54) is 12.0 Å². The van der Waals surface area contributed by atoms with Crippen LogP contribution in [-0.2, 0) is 5.41 Å². The van der Waals surface area contributed by atoms with E-state index in [0.29, 0.717) is 11.7 Å². The highest BCUT2D eigenvalue weighted by Gasteiger charge is 2.30. The first kappa shape index (κ1) is 15.0. The lowest BCUT2D eigenvalue weighted by Gasteiger charge is -2.35. The summed E-state index contributed by atoms with van der Waals surface area (Å²) in [6.07, 6.45) is 4.26. The molecule has 0 radical (unpaired) electrons. The molecule has 0 fully saturated rings. The number of benzene rings is 1. The van der Waals surface area contributed by atoms with Gasteiger partial charge in [-0.1, -0.05) is 39.3 Å². The van der Waals surface area contributed by atoms with Gasteiger partial charge in [0.15, 0.2) is 0 Å². The van der Waals surface area contributed by atoms with Gasteiger partial charge in [0, 0.05) is 6.61 Å². The Hall–Kier alpha value is -1.02. The molecule has 0 saturated carbocycles. The molecule has 0 saturated heterocycles. The fraction of sp³-hybridized carbons (Fsp3) is 0.625. The number of phenols is 1. The summed E-state index contributed by atoms with van der Waals surface area (Å²) < 4.78 is 0. The van der Waals surface area contributed by atoms with E-state index in [4.69, 9.17) is 5.11 Å². The Labute approximate surface area is 111 Å². The Morgan fingerprint density at radius 2 is 1.72 bits per heavy atom. The van der Waals surface area contributed by atoms with Gasteiger partial charge in [-0.05, 0) is 48.3 Å². The van der Waals surface area contributed by atoms with Crippen molar-refractivity contribution < 1.29 is 10.2 Å². The molecule has 2 N–H and O–H groups in total. The van der Waals surface area contributed by atoms with E-state index in [-0.39, 0.29) is 12.0 Å². The molecule has 2 heteroatoms. The normalized spacial score (nSPS) is 13.6. The highest BCUT2D eigenvalue weighted by molar-refractivity contribution is 5.31. The minimum Gasteiger partial charge on any atom is -0.508 e. The second kappa shape index (κ2) is 6.79. The van der Waals surface area contributed by atoms with Crippen LogP contribution in [0.2, 0.25) is 0 Å². The molecule has 0 aliphatic carbocycles. The fourth-order valence-electron chi connectivity index (χ4n) is 2.68. The molecule has 0 heterocycles. The largest absolute Gasteiger partial charge is 0.508 e. The molecule has 1 rings (SSSR count). The first-order valence-electron chi connectivity index (χ1n) is 6.92. The lowest BCUT2D eigenvalue weighted by atomic mass is 9.70. The monoisotopic (exact) mass is 250 g/mol. The minimum atomic E-state index is 0.0822. The smallest absolute Gasteiger partial charge is 0.115 e. The molecule has 0 spiro atoms. The van der Waals surface area contributed by atoms with Crippen molar-refractivity contribution in [2.75, 3.05) is 6.61 Å². The molecule has 0 aliphatic rings. The van der Waals surface area contributed by atoms with Crippen LogP contribution in [0.1, 0.15) is 52.0 Å². The number of aliphatic hydroxyl groups excluding tert-OH is 1. The molecule has 1 aromatic carbocycles. The van der Waals surface area contributed by atoms with Gasteiger partial charge < -0.3 is 10.2 Å². The molecule has 18 heavy (non-hydrogen) atoms. The van der Waals surface area contributed by atoms with Gasteiger partial charge in [-0.3, -0.25) is 0 Å². The van der Waals surface area contributed by atoms with E-state index in [0.717, 1.165) is 19.3 Å². The molecule has 2 nitrogen and oxygen atoms in total. The van der Waals surface area contributed by atoms with Crippen LogP contribution in [0, 0.1) is 5.92 Å². The van der Waals surface area contributed by atoms with E-state index in [2.05, 4.69) is 20.8 Å². The van der Waals surface area contributed by atoms with Crippen molar-refractivity contribution in [3.05, 3.63) is 29.8 Å². The van der Waals surface area contributed by atoms with Gasteiger partial charge in [0.1, 0.15) is 5.75 Å². The molecular weight excluding hydrogens is 224 g/mol. The third-order valence-corrected chi connectivity index (χ3v) is 3.98. The van der Waals surface area contributed by atoms with Crippen LogP contribution in [0.15, 0.2) is 24.3 Å². The number of aromatic hydroxyl groups is 1. The molecular formula is C16H26O2. The first-order chi connectivity index (χ1) is 8.52. The molecule has 102 valence electrons. The van der Waals surface area contributed by atoms with Gasteiger partial charge in [-0.15, -0.1) is 0 Å². The third-order valence-electron chi connectivity index (χ3n) is 3.98. The van der Waals surface area contributed by atoms with Crippen LogP contribution in [0.3, 0.4) is 0 Å². The van der Waals surface area contributed by atoms with Crippen molar-refractivity contribution in [2.45, 2.75) is 51.9 Å². The van der Waals surface area contributed by atoms with Crippen LogP contribution in [-0.4, -0.2) is 16.8 Å². The number of hydrogen-bond acceptors (Lipinski definition) is 2. The van der Waals surface area contributed by atoms with Crippen molar-refractivity contribution in [1.82, 2.24) is 0 Å². The molecule has 1 atom stereocenters. The van der Waals surface area contributed by atoms with Gasteiger partial charge in [0.05, 0.1) is 0 Å². The molecule has 0 aliphatic heterocycles. The number of aliphatic hydroxyl groups is 1. The summed E-state index contributed by atoms with van der Waals surface area (Å²) in [4.78, 5) is 0. The van der Waals surface area contributed by atoms with E-state index in [1.807, 2.05) is 12.1 Å². The second-order valence-corrected chi connectivity index (χ2v) is 5.62. The predicted molar refractivity (Wildman–Crippen MR) is 75.9 cm³/mol. The highest BCUT2D eigenvalue weighted by atomic mass is 16.3. The SMILES string of the molecule is CCCC(CCCO)C(C)(C)c1ccc(O)cc1. The van der Waals surface area contributed by atoms with Crippen LogP contribution < -0.4 is 0 Å². The summed E-state index contributed by atoms with van der Waals surface area (Å²) in [6, 6.07) is 7.53. The second-order valence-electron chi connectivity index (χ2n) is 5.62. The summed E-state index contributed by atoms with van der Waals surface area (Å²) in [6.45, 7) is 7.00. The molecule has 1 aromatic rings. The Balaban J connectivity index is 2.88. The lowest BCUT2D eigenvalue weighted by molar-refractivity contribution is 0.228. The predicted octanol–water partition coefficient (Wildman–Crippen LogP) is 3.86. The summed E-state index contributed by atoms with van der Waals surface area (Å²) in [5, 5.41) is 18.4. The first-order valence-corrected chi connectivity index (χ1v) is 6.92. The number of rotatable bonds is 7. The number of hydrogen-bond donors (Lipinski definition) is 2. The zero-order chi connectivity index (χ0) is 13.6. The van der Waals surface area contributed by atoms with E-state index >= 15 is 0 Å². The highest BCUT2D eigenvalue weighted by Crippen LogP contribution is 2.37. The Bertz CT molecular complexity index is 341. The van der Waals surface area contributed by atoms with Gasteiger partial charge in [-0.2, -0.15) is 0 Å². The zero-order valence-electron chi connectivity index (χ0n) is 11.8. The Morgan fingerprint density at radius 3 is 2.22 bits per heavy atom. The maximum absolute atomic E-state index is 9.37. The molecule has 1 unspecified atom stereocenters. The van der Waals surface area contributed by atoms with Crippen molar-refractivity contribution in [3.8, 4) is 5.75 Å². The van der Waals surface area contributed by atoms with Crippen LogP contribution >= 0.6 is 0 Å². The third kappa shape index (κ3) is 3.74. The maximum atomic E-state index is 9.37. The summed E-state index contributed by atoms with van der Waals surface area (Å²) >= 11 is 0. The Morgan fingerprint density at radius 1 is 1.11 bits per heavy atom. The van der Waals surface area contributed by atoms with Crippen molar-refractivity contribution in [1.29, 1.82) is 0 Å². The zero-order valence-corrected chi connectivity index (χ0v) is 11.8. The van der Waals surface area contributed by atoms with E-state index in [1.54, 1.807) is 12.1 Å². The topological polar surface area (TPSA) is 40.5 Å².